The number of hydrogen-bond acceptors (Lipinski definition) is 5. The molecule has 0 bridgehead atoms. The van der Waals surface area contributed by atoms with Crippen LogP contribution < -0.4 is 4.74 Å². The van der Waals surface area contributed by atoms with Crippen LogP contribution in [0.3, 0.4) is 0 Å². The van der Waals surface area contributed by atoms with E-state index in [1.54, 1.807) is 12.1 Å². The Balaban J connectivity index is 1.62. The smallest absolute Gasteiger partial charge is 0.325 e. The van der Waals surface area contributed by atoms with Crippen LogP contribution in [0.1, 0.15) is 24.8 Å². The second-order valence-corrected chi connectivity index (χ2v) is 10.1. The summed E-state index contributed by atoms with van der Waals surface area (Å²) in [6, 6.07) is 14.1. The van der Waals surface area contributed by atoms with Gasteiger partial charge in [-0.2, -0.15) is 0 Å². The van der Waals surface area contributed by atoms with E-state index in [9.17, 15) is 18.3 Å². The molecule has 0 aromatic heterocycles. The quantitative estimate of drug-likeness (QED) is 0.574. The Morgan fingerprint density at radius 1 is 1.14 bits per heavy atom. The van der Waals surface area contributed by atoms with Crippen molar-refractivity contribution in [2.24, 2.45) is 0 Å². The van der Waals surface area contributed by atoms with Gasteiger partial charge in [0, 0.05) is 30.5 Å². The van der Waals surface area contributed by atoms with Crippen molar-refractivity contribution in [2.75, 3.05) is 19.8 Å². The number of halogens is 1. The lowest BCUT2D eigenvalue weighted by Crippen LogP contribution is -2.50. The fraction of sp³-hybridized carbons (Fsp3) is 0.381. The molecule has 1 aliphatic rings. The summed E-state index contributed by atoms with van der Waals surface area (Å²) in [5.41, 5.74) is 1.21. The highest BCUT2D eigenvalue weighted by molar-refractivity contribution is 9.10. The lowest BCUT2D eigenvalue weighted by atomic mass is 9.99. The molecule has 3 rings (SSSR count). The van der Waals surface area contributed by atoms with Crippen LogP contribution in [0.15, 0.2) is 57.9 Å². The Labute approximate surface area is 178 Å². The number of hydrogen-bond donors (Lipinski definition) is 1. The van der Waals surface area contributed by atoms with Gasteiger partial charge in [-0.25, -0.2) is 8.42 Å². The van der Waals surface area contributed by atoms with Crippen LogP contribution >= 0.6 is 15.9 Å². The van der Waals surface area contributed by atoms with E-state index in [0.29, 0.717) is 12.4 Å². The van der Waals surface area contributed by atoms with Gasteiger partial charge in [0.2, 0.25) is 0 Å². The van der Waals surface area contributed by atoms with Crippen molar-refractivity contribution >= 4 is 31.7 Å². The normalized spacial score (nSPS) is 16.3. The number of aryl methyl sites for hydroxylation is 1. The summed E-state index contributed by atoms with van der Waals surface area (Å²) in [6.07, 6.45) is 1.57. The molecule has 6 nitrogen and oxygen atoms in total. The van der Waals surface area contributed by atoms with E-state index >= 15 is 0 Å². The highest BCUT2D eigenvalue weighted by Gasteiger charge is 2.52. The van der Waals surface area contributed by atoms with Crippen molar-refractivity contribution < 1.29 is 27.8 Å². The van der Waals surface area contributed by atoms with E-state index in [1.165, 1.54) is 17.7 Å². The molecule has 8 heteroatoms. The summed E-state index contributed by atoms with van der Waals surface area (Å²) in [5, 5.41) is 9.63. The third-order valence-electron chi connectivity index (χ3n) is 5.11. The highest BCUT2D eigenvalue weighted by Crippen LogP contribution is 2.35. The van der Waals surface area contributed by atoms with Gasteiger partial charge in [0.05, 0.1) is 11.5 Å². The minimum Gasteiger partial charge on any atom is -0.494 e. The maximum absolute atomic E-state index is 13.0. The maximum Gasteiger partial charge on any atom is 0.325 e. The number of carboxylic acid groups (broad SMARTS) is 1. The standard InChI is InChI=1S/C21H23BrO6S/c22-17-5-1-3-16(15-17)4-2-12-28-18-6-8-19(9-7-18)29(25,26)21(20(23)24)10-13-27-14-11-21/h1,3,5-9,15H,2,4,10-14H2,(H,23,24). The van der Waals surface area contributed by atoms with Crippen LogP contribution in [-0.4, -0.2) is 44.1 Å². The number of sulfone groups is 1. The number of carbonyl (C=O) groups is 1. The second-order valence-electron chi connectivity index (χ2n) is 6.97. The molecular weight excluding hydrogens is 460 g/mol. The van der Waals surface area contributed by atoms with E-state index in [2.05, 4.69) is 28.1 Å². The van der Waals surface area contributed by atoms with Crippen LogP contribution in [0.25, 0.3) is 0 Å². The molecule has 0 radical (unpaired) electrons. The van der Waals surface area contributed by atoms with Crippen molar-refractivity contribution in [1.82, 2.24) is 0 Å². The molecule has 0 spiro atoms. The van der Waals surface area contributed by atoms with E-state index in [4.69, 9.17) is 9.47 Å². The average molecular weight is 483 g/mol. The molecule has 0 amide bonds. The Morgan fingerprint density at radius 2 is 1.83 bits per heavy atom. The monoisotopic (exact) mass is 482 g/mol. The Kier molecular flexibility index (Phi) is 6.97. The first kappa shape index (κ1) is 21.8. The van der Waals surface area contributed by atoms with Crippen molar-refractivity contribution in [2.45, 2.75) is 35.3 Å². The average Bonchev–Trinajstić information content (AvgIpc) is 2.72. The van der Waals surface area contributed by atoms with Crippen molar-refractivity contribution in [3.05, 3.63) is 58.6 Å². The summed E-state index contributed by atoms with van der Waals surface area (Å²) >= 11 is 3.45. The molecule has 1 saturated heterocycles. The summed E-state index contributed by atoms with van der Waals surface area (Å²) in [6.45, 7) is 0.727. The zero-order valence-electron chi connectivity index (χ0n) is 15.8. The molecule has 29 heavy (non-hydrogen) atoms. The summed E-state index contributed by atoms with van der Waals surface area (Å²) in [5.74, 6) is -0.775. The number of rotatable bonds is 8. The SMILES string of the molecule is O=C(O)C1(S(=O)(=O)c2ccc(OCCCc3cccc(Br)c3)cc2)CCOCC1. The van der Waals surface area contributed by atoms with Gasteiger partial charge >= 0.3 is 5.97 Å². The summed E-state index contributed by atoms with van der Waals surface area (Å²) in [4.78, 5) is 11.8. The number of ether oxygens (including phenoxy) is 2. The number of carboxylic acids is 1. The lowest BCUT2D eigenvalue weighted by molar-refractivity contribution is -0.142. The van der Waals surface area contributed by atoms with Gasteiger partial charge in [0.1, 0.15) is 5.75 Å². The molecule has 0 unspecified atom stereocenters. The summed E-state index contributed by atoms with van der Waals surface area (Å²) in [7, 11) is -4.04. The third-order valence-corrected chi connectivity index (χ3v) is 8.10. The molecule has 0 saturated carbocycles. The molecule has 0 atom stereocenters. The molecule has 0 aliphatic carbocycles. The Morgan fingerprint density at radius 3 is 2.45 bits per heavy atom. The van der Waals surface area contributed by atoms with Crippen molar-refractivity contribution in [3.8, 4) is 5.75 Å². The summed E-state index contributed by atoms with van der Waals surface area (Å²) < 4.78 is 36.1. The van der Waals surface area contributed by atoms with Gasteiger partial charge in [-0.1, -0.05) is 28.1 Å². The molecule has 1 fully saturated rings. The molecule has 1 N–H and O–H groups in total. The van der Waals surface area contributed by atoms with Crippen LogP contribution in [0.2, 0.25) is 0 Å². The topological polar surface area (TPSA) is 89.9 Å². The van der Waals surface area contributed by atoms with Crippen molar-refractivity contribution in [1.29, 1.82) is 0 Å². The van der Waals surface area contributed by atoms with Crippen LogP contribution in [0, 0.1) is 0 Å². The van der Waals surface area contributed by atoms with Crippen LogP contribution in [-0.2, 0) is 25.8 Å². The number of benzene rings is 2. The molecule has 2 aromatic carbocycles. The third kappa shape index (κ3) is 4.82. The first-order valence-corrected chi connectivity index (χ1v) is 11.7. The first-order valence-electron chi connectivity index (χ1n) is 9.38. The predicted octanol–water partition coefficient (Wildman–Crippen LogP) is 3.87. The lowest BCUT2D eigenvalue weighted by Gasteiger charge is -2.32. The number of aliphatic carboxylic acids is 1. The molecular formula is C21H23BrO6S. The van der Waals surface area contributed by atoms with E-state index in [1.807, 2.05) is 12.1 Å². The Hall–Kier alpha value is -1.90. The second kappa shape index (κ2) is 9.28. The van der Waals surface area contributed by atoms with Gasteiger partial charge in [0.25, 0.3) is 0 Å². The minimum atomic E-state index is -4.04. The zero-order valence-corrected chi connectivity index (χ0v) is 18.2. The fourth-order valence-corrected chi connectivity index (χ4v) is 5.72. The van der Waals surface area contributed by atoms with Crippen molar-refractivity contribution in [3.63, 3.8) is 0 Å². The van der Waals surface area contributed by atoms with E-state index in [0.717, 1.165) is 17.3 Å². The molecule has 1 heterocycles. The molecule has 1 aliphatic heterocycles. The van der Waals surface area contributed by atoms with E-state index < -0.39 is 20.6 Å². The largest absolute Gasteiger partial charge is 0.494 e. The fourth-order valence-electron chi connectivity index (χ4n) is 3.40. The van der Waals surface area contributed by atoms with Crippen LogP contribution in [0.4, 0.5) is 0 Å². The predicted molar refractivity (Wildman–Crippen MR) is 112 cm³/mol. The maximum atomic E-state index is 13.0. The molecule has 2 aromatic rings. The van der Waals surface area contributed by atoms with Gasteiger partial charge < -0.3 is 14.6 Å². The Bertz CT molecular complexity index is 949. The molecule has 156 valence electrons. The van der Waals surface area contributed by atoms with Gasteiger partial charge in [-0.3, -0.25) is 4.79 Å². The minimum absolute atomic E-state index is 0.0108. The highest BCUT2D eigenvalue weighted by atomic mass is 79.9. The van der Waals surface area contributed by atoms with Crippen LogP contribution in [0.5, 0.6) is 5.75 Å². The van der Waals surface area contributed by atoms with Gasteiger partial charge in [0.15, 0.2) is 14.6 Å². The van der Waals surface area contributed by atoms with E-state index in [-0.39, 0.29) is 31.0 Å². The first-order chi connectivity index (χ1) is 13.8. The van der Waals surface area contributed by atoms with Gasteiger partial charge in [-0.05, 0) is 54.8 Å². The van der Waals surface area contributed by atoms with Gasteiger partial charge in [-0.15, -0.1) is 0 Å². The zero-order chi connectivity index (χ0) is 20.9.